The monoisotopic (exact) mass is 446 g/mol. The Morgan fingerprint density at radius 1 is 1.19 bits per heavy atom. The van der Waals surface area contributed by atoms with Crippen LogP contribution in [0.5, 0.6) is 0 Å². The number of fused-ring (bicyclic) bond motifs is 1. The van der Waals surface area contributed by atoms with Gasteiger partial charge in [0, 0.05) is 11.3 Å². The Morgan fingerprint density at radius 3 is 2.56 bits per heavy atom. The zero-order valence-electron chi connectivity index (χ0n) is 16.8. The number of benzene rings is 2. The normalized spacial score (nSPS) is 15.4. The summed E-state index contributed by atoms with van der Waals surface area (Å²) in [5.41, 5.74) is 1.06. The van der Waals surface area contributed by atoms with Gasteiger partial charge in [-0.1, -0.05) is 25.1 Å². The van der Waals surface area contributed by atoms with Gasteiger partial charge in [0.1, 0.15) is 17.7 Å². The van der Waals surface area contributed by atoms with Crippen LogP contribution in [-0.2, 0) is 22.2 Å². The van der Waals surface area contributed by atoms with Crippen molar-refractivity contribution in [2.45, 2.75) is 32.0 Å². The van der Waals surface area contributed by atoms with Crippen molar-refractivity contribution in [1.82, 2.24) is 9.78 Å². The molecule has 1 atom stereocenters. The molecule has 0 aliphatic carbocycles. The van der Waals surface area contributed by atoms with Gasteiger partial charge in [-0.05, 0) is 42.3 Å². The fourth-order valence-electron chi connectivity index (χ4n) is 3.65. The highest BCUT2D eigenvalue weighted by molar-refractivity contribution is 6.04. The molecule has 2 amide bonds. The fraction of sp³-hybridized carbons (Fsp3) is 0.227. The third-order valence-corrected chi connectivity index (χ3v) is 5.14. The van der Waals surface area contributed by atoms with Crippen molar-refractivity contribution in [2.24, 2.45) is 0 Å². The van der Waals surface area contributed by atoms with Gasteiger partial charge in [0.15, 0.2) is 0 Å². The molecule has 0 radical (unpaired) electrons. The molecule has 1 aliphatic heterocycles. The minimum Gasteiger partial charge on any atom is -0.326 e. The highest BCUT2D eigenvalue weighted by Gasteiger charge is 2.37. The quantitative estimate of drug-likeness (QED) is 0.554. The number of anilines is 2. The average molecular weight is 446 g/mol. The predicted octanol–water partition coefficient (Wildman–Crippen LogP) is 4.79. The SMILES string of the molecule is CCc1nn2c(c1-c1ccc(F)cc1)NC(=O)C2CC(=O)Nc1cccc(C(F)(F)F)c1. The van der Waals surface area contributed by atoms with E-state index in [-0.39, 0.29) is 12.1 Å². The second kappa shape index (κ2) is 8.10. The molecule has 0 saturated heterocycles. The van der Waals surface area contributed by atoms with Crippen molar-refractivity contribution in [2.75, 3.05) is 10.6 Å². The average Bonchev–Trinajstić information content (AvgIpc) is 3.23. The summed E-state index contributed by atoms with van der Waals surface area (Å²) in [5.74, 6) is -1.09. The number of nitrogens with zero attached hydrogens (tertiary/aromatic N) is 2. The van der Waals surface area contributed by atoms with Crippen LogP contribution in [0.4, 0.5) is 29.1 Å². The lowest BCUT2D eigenvalue weighted by Gasteiger charge is -2.12. The van der Waals surface area contributed by atoms with Crippen LogP contribution < -0.4 is 10.6 Å². The van der Waals surface area contributed by atoms with Gasteiger partial charge in [0.05, 0.1) is 17.7 Å². The molecule has 166 valence electrons. The summed E-state index contributed by atoms with van der Waals surface area (Å²) in [5, 5.41) is 9.58. The van der Waals surface area contributed by atoms with E-state index in [9.17, 15) is 27.2 Å². The zero-order chi connectivity index (χ0) is 23.0. The number of alkyl halides is 3. The van der Waals surface area contributed by atoms with E-state index in [1.165, 1.54) is 28.9 Å². The molecule has 32 heavy (non-hydrogen) atoms. The molecule has 6 nitrogen and oxygen atoms in total. The highest BCUT2D eigenvalue weighted by Crippen LogP contribution is 2.39. The maximum atomic E-state index is 13.3. The van der Waals surface area contributed by atoms with Gasteiger partial charge in [0.2, 0.25) is 5.91 Å². The molecule has 0 spiro atoms. The lowest BCUT2D eigenvalue weighted by molar-refractivity contribution is -0.137. The fourth-order valence-corrected chi connectivity index (χ4v) is 3.65. The van der Waals surface area contributed by atoms with Gasteiger partial charge in [-0.3, -0.25) is 9.59 Å². The smallest absolute Gasteiger partial charge is 0.326 e. The van der Waals surface area contributed by atoms with E-state index in [0.29, 0.717) is 29.1 Å². The minimum absolute atomic E-state index is 0.0230. The Kier molecular flexibility index (Phi) is 5.45. The Labute approximate surface area is 180 Å². The maximum Gasteiger partial charge on any atom is 0.416 e. The van der Waals surface area contributed by atoms with Gasteiger partial charge < -0.3 is 10.6 Å². The number of aryl methyl sites for hydroxylation is 1. The minimum atomic E-state index is -4.54. The van der Waals surface area contributed by atoms with Gasteiger partial charge in [0.25, 0.3) is 5.91 Å². The molecule has 1 aliphatic rings. The molecule has 0 fully saturated rings. The van der Waals surface area contributed by atoms with Crippen LogP contribution in [0.2, 0.25) is 0 Å². The number of carbonyl (C=O) groups is 2. The van der Waals surface area contributed by atoms with Gasteiger partial charge in [-0.15, -0.1) is 0 Å². The van der Waals surface area contributed by atoms with Crippen LogP contribution in [0.1, 0.15) is 30.6 Å². The Hall–Kier alpha value is -3.69. The first-order chi connectivity index (χ1) is 15.2. The van der Waals surface area contributed by atoms with E-state index in [2.05, 4.69) is 15.7 Å². The summed E-state index contributed by atoms with van der Waals surface area (Å²) in [7, 11) is 0. The molecule has 1 unspecified atom stereocenters. The zero-order valence-corrected chi connectivity index (χ0v) is 16.8. The lowest BCUT2D eigenvalue weighted by Crippen LogP contribution is -2.24. The summed E-state index contributed by atoms with van der Waals surface area (Å²) < 4.78 is 53.4. The van der Waals surface area contributed by atoms with Crippen LogP contribution in [0.25, 0.3) is 11.1 Å². The molecule has 1 aromatic heterocycles. The van der Waals surface area contributed by atoms with Crippen molar-refractivity contribution in [3.63, 3.8) is 0 Å². The molecule has 0 bridgehead atoms. The summed E-state index contributed by atoms with van der Waals surface area (Å²) in [4.78, 5) is 25.0. The van der Waals surface area contributed by atoms with Gasteiger partial charge >= 0.3 is 6.18 Å². The van der Waals surface area contributed by atoms with Crippen molar-refractivity contribution in [1.29, 1.82) is 0 Å². The number of halogens is 4. The number of hydrogen-bond donors (Lipinski definition) is 2. The topological polar surface area (TPSA) is 76.0 Å². The third-order valence-electron chi connectivity index (χ3n) is 5.14. The summed E-state index contributed by atoms with van der Waals surface area (Å²) >= 11 is 0. The van der Waals surface area contributed by atoms with E-state index in [0.717, 1.165) is 12.1 Å². The molecule has 10 heteroatoms. The third kappa shape index (κ3) is 4.08. The highest BCUT2D eigenvalue weighted by atomic mass is 19.4. The molecule has 2 heterocycles. The van der Waals surface area contributed by atoms with Crippen LogP contribution in [0.15, 0.2) is 48.5 Å². The largest absolute Gasteiger partial charge is 0.416 e. The first-order valence-corrected chi connectivity index (χ1v) is 9.82. The molecule has 2 N–H and O–H groups in total. The number of hydrogen-bond acceptors (Lipinski definition) is 3. The van der Waals surface area contributed by atoms with Crippen molar-refractivity contribution >= 4 is 23.3 Å². The molecular weight excluding hydrogens is 428 g/mol. The van der Waals surface area contributed by atoms with E-state index in [1.807, 2.05) is 6.92 Å². The van der Waals surface area contributed by atoms with Crippen LogP contribution in [0, 0.1) is 5.82 Å². The number of carbonyl (C=O) groups excluding carboxylic acids is 2. The Morgan fingerprint density at radius 2 is 1.91 bits per heavy atom. The maximum absolute atomic E-state index is 13.3. The standard InChI is InChI=1S/C22H18F4N4O2/c1-2-16-19(12-6-8-14(23)9-7-12)20-28-21(32)17(30(20)29-16)11-18(31)27-15-5-3-4-13(10-15)22(24,25)26/h3-10,17H,2,11H2,1H3,(H,27,31)(H,28,32). The first-order valence-electron chi connectivity index (χ1n) is 9.82. The van der Waals surface area contributed by atoms with Gasteiger partial charge in [-0.2, -0.15) is 18.3 Å². The van der Waals surface area contributed by atoms with E-state index >= 15 is 0 Å². The first kappa shape index (κ1) is 21.5. The number of nitrogens with one attached hydrogen (secondary N) is 2. The Balaban J connectivity index is 1.58. The summed E-state index contributed by atoms with van der Waals surface area (Å²) in [6.45, 7) is 1.88. The van der Waals surface area contributed by atoms with Crippen molar-refractivity contribution < 1.29 is 27.2 Å². The van der Waals surface area contributed by atoms with E-state index in [4.69, 9.17) is 0 Å². The molecular formula is C22H18F4N4O2. The number of amides is 2. The second-order valence-corrected chi connectivity index (χ2v) is 7.31. The molecule has 0 saturated carbocycles. The molecule has 4 rings (SSSR count). The lowest BCUT2D eigenvalue weighted by atomic mass is 10.0. The van der Waals surface area contributed by atoms with Crippen molar-refractivity contribution in [3.8, 4) is 11.1 Å². The van der Waals surface area contributed by atoms with Crippen molar-refractivity contribution in [3.05, 3.63) is 65.6 Å². The number of aromatic nitrogens is 2. The molecule has 3 aromatic rings. The molecule has 2 aromatic carbocycles. The van der Waals surface area contributed by atoms with Crippen LogP contribution in [0.3, 0.4) is 0 Å². The number of rotatable bonds is 5. The van der Waals surface area contributed by atoms with E-state index in [1.54, 1.807) is 12.1 Å². The second-order valence-electron chi connectivity index (χ2n) is 7.31. The Bertz CT molecular complexity index is 1190. The van der Waals surface area contributed by atoms with E-state index < -0.39 is 35.4 Å². The summed E-state index contributed by atoms with van der Waals surface area (Å²) in [6, 6.07) is 9.05. The van der Waals surface area contributed by atoms with Gasteiger partial charge in [-0.25, -0.2) is 9.07 Å². The summed E-state index contributed by atoms with van der Waals surface area (Å²) in [6.07, 6.45) is -4.32. The van der Waals surface area contributed by atoms with Crippen LogP contribution in [-0.4, -0.2) is 21.6 Å². The predicted molar refractivity (Wildman–Crippen MR) is 109 cm³/mol. The van der Waals surface area contributed by atoms with Crippen LogP contribution >= 0.6 is 0 Å².